The van der Waals surface area contributed by atoms with E-state index in [1.54, 1.807) is 19.2 Å². The van der Waals surface area contributed by atoms with E-state index in [4.69, 9.17) is 0 Å². The van der Waals surface area contributed by atoms with Gasteiger partial charge in [0.1, 0.15) is 0 Å². The van der Waals surface area contributed by atoms with Crippen LogP contribution in [0.15, 0.2) is 41.0 Å². The molecule has 0 saturated heterocycles. The molecule has 0 amide bonds. The molecule has 0 unspecified atom stereocenters. The minimum atomic E-state index is -0.410. The highest BCUT2D eigenvalue weighted by Crippen LogP contribution is 2.25. The Kier molecular flexibility index (Phi) is 4.11. The second-order valence-corrected chi connectivity index (χ2v) is 4.98. The van der Waals surface area contributed by atoms with Crippen molar-refractivity contribution in [1.29, 1.82) is 0 Å². The van der Waals surface area contributed by atoms with Crippen molar-refractivity contribution >= 4 is 27.4 Å². The highest BCUT2D eigenvalue weighted by molar-refractivity contribution is 9.10. The minimum Gasteiger partial charge on any atom is -0.360 e. The molecule has 6 heteroatoms. The summed E-state index contributed by atoms with van der Waals surface area (Å²) >= 11 is 3.36. The van der Waals surface area contributed by atoms with E-state index in [9.17, 15) is 10.1 Å². The van der Waals surface area contributed by atoms with E-state index in [0.717, 1.165) is 10.0 Å². The Morgan fingerprint density at radius 2 is 2.00 bits per heavy atom. The van der Waals surface area contributed by atoms with Crippen molar-refractivity contribution in [2.24, 2.45) is 0 Å². The number of benzene rings is 1. The molecule has 0 bridgehead atoms. The van der Waals surface area contributed by atoms with Gasteiger partial charge >= 0.3 is 5.69 Å². The monoisotopic (exact) mass is 321 g/mol. The number of anilines is 1. The second kappa shape index (κ2) is 5.79. The average Bonchev–Trinajstić information content (AvgIpc) is 2.37. The van der Waals surface area contributed by atoms with Crippen LogP contribution in [0.1, 0.15) is 11.1 Å². The topological polar surface area (TPSA) is 68.1 Å². The molecular formula is C13H12BrN3O2. The fourth-order valence-corrected chi connectivity index (χ4v) is 1.96. The van der Waals surface area contributed by atoms with Crippen LogP contribution in [-0.4, -0.2) is 9.91 Å². The third kappa shape index (κ3) is 3.29. The molecule has 0 atom stereocenters. The molecule has 0 aliphatic rings. The maximum absolute atomic E-state index is 11.0. The van der Waals surface area contributed by atoms with Gasteiger partial charge in [-0.25, -0.2) is 4.98 Å². The number of hydrogen-bond acceptors (Lipinski definition) is 4. The SMILES string of the molecule is Cc1ccnc(NCc2ccc(Br)cc2)c1[N+](=O)[O-]. The third-order valence-electron chi connectivity index (χ3n) is 2.68. The van der Waals surface area contributed by atoms with Gasteiger partial charge in [-0.2, -0.15) is 0 Å². The zero-order valence-corrected chi connectivity index (χ0v) is 11.8. The van der Waals surface area contributed by atoms with Gasteiger partial charge in [-0.1, -0.05) is 28.1 Å². The number of hydrogen-bond donors (Lipinski definition) is 1. The first-order valence-electron chi connectivity index (χ1n) is 5.66. The molecule has 2 aromatic rings. The predicted octanol–water partition coefficient (Wildman–Crippen LogP) is 3.67. The van der Waals surface area contributed by atoms with Crippen molar-refractivity contribution < 1.29 is 4.92 Å². The van der Waals surface area contributed by atoms with E-state index in [0.29, 0.717) is 17.9 Å². The van der Waals surface area contributed by atoms with E-state index in [1.165, 1.54) is 0 Å². The van der Waals surface area contributed by atoms with E-state index in [1.807, 2.05) is 24.3 Å². The third-order valence-corrected chi connectivity index (χ3v) is 3.21. The molecule has 1 aromatic carbocycles. The highest BCUT2D eigenvalue weighted by atomic mass is 79.9. The van der Waals surface area contributed by atoms with Gasteiger partial charge in [0.25, 0.3) is 0 Å². The van der Waals surface area contributed by atoms with Crippen LogP contribution in [-0.2, 0) is 6.54 Å². The van der Waals surface area contributed by atoms with Gasteiger partial charge in [-0.05, 0) is 30.7 Å². The lowest BCUT2D eigenvalue weighted by atomic mass is 10.2. The van der Waals surface area contributed by atoms with Gasteiger partial charge in [-0.3, -0.25) is 10.1 Å². The number of pyridine rings is 1. The maximum Gasteiger partial charge on any atom is 0.314 e. The zero-order valence-electron chi connectivity index (χ0n) is 10.3. The minimum absolute atomic E-state index is 0.0274. The first kappa shape index (κ1) is 13.5. The quantitative estimate of drug-likeness (QED) is 0.689. The van der Waals surface area contributed by atoms with Gasteiger partial charge in [-0.15, -0.1) is 0 Å². The molecule has 0 radical (unpaired) electrons. The maximum atomic E-state index is 11.0. The number of nitro groups is 1. The molecule has 19 heavy (non-hydrogen) atoms. The number of nitrogens with zero attached hydrogens (tertiary/aromatic N) is 2. The van der Waals surface area contributed by atoms with Crippen LogP contribution in [0.25, 0.3) is 0 Å². The standard InChI is InChI=1S/C13H12BrN3O2/c1-9-6-7-15-13(12(9)17(18)19)16-8-10-2-4-11(14)5-3-10/h2-7H,8H2,1H3,(H,15,16). The summed E-state index contributed by atoms with van der Waals surface area (Å²) in [6, 6.07) is 9.37. The van der Waals surface area contributed by atoms with Crippen molar-refractivity contribution in [2.75, 3.05) is 5.32 Å². The summed E-state index contributed by atoms with van der Waals surface area (Å²) < 4.78 is 0.996. The number of nitrogens with one attached hydrogen (secondary N) is 1. The normalized spacial score (nSPS) is 10.2. The Balaban J connectivity index is 2.18. The molecular weight excluding hydrogens is 310 g/mol. The van der Waals surface area contributed by atoms with E-state index in [-0.39, 0.29) is 5.69 Å². The molecule has 1 aromatic heterocycles. The number of rotatable bonds is 4. The van der Waals surface area contributed by atoms with Crippen LogP contribution in [0.4, 0.5) is 11.5 Å². The summed E-state index contributed by atoms with van der Waals surface area (Å²) in [6.45, 7) is 2.19. The Bertz CT molecular complexity index is 599. The summed E-state index contributed by atoms with van der Waals surface area (Å²) in [5, 5.41) is 14.0. The molecule has 1 N–H and O–H groups in total. The van der Waals surface area contributed by atoms with Crippen LogP contribution in [0.2, 0.25) is 0 Å². The highest BCUT2D eigenvalue weighted by Gasteiger charge is 2.17. The Morgan fingerprint density at radius 1 is 1.32 bits per heavy atom. The lowest BCUT2D eigenvalue weighted by Gasteiger charge is -2.07. The molecule has 98 valence electrons. The van der Waals surface area contributed by atoms with Crippen LogP contribution in [0.3, 0.4) is 0 Å². The zero-order chi connectivity index (χ0) is 13.8. The molecule has 0 aliphatic heterocycles. The Morgan fingerprint density at radius 3 is 2.63 bits per heavy atom. The summed E-state index contributed by atoms with van der Waals surface area (Å²) in [5.41, 5.74) is 1.65. The smallest absolute Gasteiger partial charge is 0.314 e. The summed E-state index contributed by atoms with van der Waals surface area (Å²) in [7, 11) is 0. The van der Waals surface area contributed by atoms with Crippen molar-refractivity contribution in [3.05, 3.63) is 62.2 Å². The number of halogens is 1. The van der Waals surface area contributed by atoms with Crippen molar-refractivity contribution in [2.45, 2.75) is 13.5 Å². The van der Waals surface area contributed by atoms with E-state index in [2.05, 4.69) is 26.2 Å². The summed E-state index contributed by atoms with van der Waals surface area (Å²) in [4.78, 5) is 14.6. The summed E-state index contributed by atoms with van der Waals surface area (Å²) in [6.07, 6.45) is 1.56. The lowest BCUT2D eigenvalue weighted by molar-refractivity contribution is -0.384. The molecule has 0 fully saturated rings. The fourth-order valence-electron chi connectivity index (χ4n) is 1.70. The van der Waals surface area contributed by atoms with Crippen LogP contribution < -0.4 is 5.32 Å². The van der Waals surface area contributed by atoms with Crippen LogP contribution >= 0.6 is 15.9 Å². The molecule has 2 rings (SSSR count). The second-order valence-electron chi connectivity index (χ2n) is 4.06. The number of aryl methyl sites for hydroxylation is 1. The Labute approximate surface area is 119 Å². The largest absolute Gasteiger partial charge is 0.360 e. The van der Waals surface area contributed by atoms with Crippen molar-refractivity contribution in [1.82, 2.24) is 4.98 Å². The Hall–Kier alpha value is -1.95. The van der Waals surface area contributed by atoms with Gasteiger partial charge in [0, 0.05) is 22.8 Å². The van der Waals surface area contributed by atoms with Gasteiger partial charge in [0.2, 0.25) is 5.82 Å². The molecule has 1 heterocycles. The van der Waals surface area contributed by atoms with E-state index >= 15 is 0 Å². The first-order chi connectivity index (χ1) is 9.08. The molecule has 5 nitrogen and oxygen atoms in total. The van der Waals surface area contributed by atoms with Gasteiger partial charge in [0.05, 0.1) is 4.92 Å². The van der Waals surface area contributed by atoms with E-state index < -0.39 is 4.92 Å². The fraction of sp³-hybridized carbons (Fsp3) is 0.154. The van der Waals surface area contributed by atoms with Gasteiger partial charge < -0.3 is 5.32 Å². The first-order valence-corrected chi connectivity index (χ1v) is 6.45. The van der Waals surface area contributed by atoms with Crippen molar-refractivity contribution in [3.63, 3.8) is 0 Å². The van der Waals surface area contributed by atoms with Crippen LogP contribution in [0, 0.1) is 17.0 Å². The lowest BCUT2D eigenvalue weighted by Crippen LogP contribution is -2.05. The van der Waals surface area contributed by atoms with Gasteiger partial charge in [0.15, 0.2) is 0 Å². The predicted molar refractivity (Wildman–Crippen MR) is 77.1 cm³/mol. The molecule has 0 saturated carbocycles. The summed E-state index contributed by atoms with van der Waals surface area (Å²) in [5.74, 6) is 0.299. The van der Waals surface area contributed by atoms with Crippen LogP contribution in [0.5, 0.6) is 0 Å². The van der Waals surface area contributed by atoms with Crippen molar-refractivity contribution in [3.8, 4) is 0 Å². The molecule has 0 aliphatic carbocycles. The average molecular weight is 322 g/mol. The number of aromatic nitrogens is 1. The molecule has 0 spiro atoms.